The van der Waals surface area contributed by atoms with E-state index < -0.39 is 6.23 Å². The number of rotatable bonds is 3. The van der Waals surface area contributed by atoms with Crippen LogP contribution in [0.15, 0.2) is 42.2 Å². The van der Waals surface area contributed by atoms with Crippen molar-refractivity contribution >= 4 is 5.91 Å². The maximum atomic E-state index is 11.6. The zero-order valence-corrected chi connectivity index (χ0v) is 8.96. The Bertz CT molecular complexity index is 414. The first-order valence-electron chi connectivity index (χ1n) is 5.00. The molecule has 1 amide bonds. The van der Waals surface area contributed by atoms with E-state index >= 15 is 0 Å². The van der Waals surface area contributed by atoms with Gasteiger partial charge in [0.1, 0.15) is 0 Å². The van der Waals surface area contributed by atoms with E-state index in [-0.39, 0.29) is 5.91 Å². The van der Waals surface area contributed by atoms with Crippen molar-refractivity contribution in [3.05, 3.63) is 47.7 Å². The number of methoxy groups -OCH3 is 1. The Balaban J connectivity index is 2.11. The summed E-state index contributed by atoms with van der Waals surface area (Å²) in [6.07, 6.45) is 0.339. The molecule has 0 saturated carbocycles. The molecule has 0 aliphatic carbocycles. The third kappa shape index (κ3) is 1.92. The molecule has 4 nitrogen and oxygen atoms in total. The predicted octanol–water partition coefficient (Wildman–Crippen LogP) is 0.877. The molecule has 0 radical (unpaired) electrons. The molecule has 4 heteroatoms. The van der Waals surface area contributed by atoms with Crippen LogP contribution in [0.2, 0.25) is 0 Å². The van der Waals surface area contributed by atoms with Crippen LogP contribution in [-0.2, 0) is 16.1 Å². The summed E-state index contributed by atoms with van der Waals surface area (Å²) in [5, 5.41) is 9.79. The number of nitrogens with zero attached hydrogens (tertiary/aromatic N) is 1. The van der Waals surface area contributed by atoms with Crippen molar-refractivity contribution in [1.29, 1.82) is 0 Å². The lowest BCUT2D eigenvalue weighted by atomic mass is 10.2. The fourth-order valence-corrected chi connectivity index (χ4v) is 1.66. The molecule has 1 aliphatic heterocycles. The number of carbonyl (C=O) groups is 1. The number of hydrogen-bond acceptors (Lipinski definition) is 3. The van der Waals surface area contributed by atoms with Crippen LogP contribution in [0.3, 0.4) is 0 Å². The van der Waals surface area contributed by atoms with Crippen LogP contribution < -0.4 is 0 Å². The molecule has 0 spiro atoms. The standard InChI is InChI=1S/C12H13NO3/c1-16-10-7-11(14)13(12(10)15)8-9-5-3-2-4-6-9/h2-7,12,15H,8H2,1H3/t12-/m1/s1. The van der Waals surface area contributed by atoms with Crippen LogP contribution in [0.4, 0.5) is 0 Å². The van der Waals surface area contributed by atoms with E-state index in [4.69, 9.17) is 4.74 Å². The molecule has 0 saturated heterocycles. The number of aliphatic hydroxyl groups excluding tert-OH is 1. The molecule has 1 aromatic carbocycles. The van der Waals surface area contributed by atoms with Crippen molar-refractivity contribution in [3.63, 3.8) is 0 Å². The highest BCUT2D eigenvalue weighted by Crippen LogP contribution is 2.20. The van der Waals surface area contributed by atoms with Gasteiger partial charge in [0, 0.05) is 12.6 Å². The number of benzene rings is 1. The van der Waals surface area contributed by atoms with E-state index in [2.05, 4.69) is 0 Å². The Hall–Kier alpha value is -1.81. The van der Waals surface area contributed by atoms with E-state index in [0.717, 1.165) is 5.56 Å². The van der Waals surface area contributed by atoms with Gasteiger partial charge in [0.25, 0.3) is 5.91 Å². The molecule has 1 aliphatic rings. The van der Waals surface area contributed by atoms with Crippen LogP contribution in [0.25, 0.3) is 0 Å². The Labute approximate surface area is 93.8 Å². The molecule has 1 heterocycles. The molecule has 1 aromatic rings. The minimum Gasteiger partial charge on any atom is -0.496 e. The summed E-state index contributed by atoms with van der Waals surface area (Å²) in [7, 11) is 1.44. The Morgan fingerprint density at radius 2 is 2.06 bits per heavy atom. The van der Waals surface area contributed by atoms with Crippen LogP contribution >= 0.6 is 0 Å². The second-order valence-electron chi connectivity index (χ2n) is 3.58. The van der Waals surface area contributed by atoms with Gasteiger partial charge in [0.15, 0.2) is 12.0 Å². The molecule has 2 rings (SSSR count). The zero-order chi connectivity index (χ0) is 11.5. The molecular formula is C12H13NO3. The number of amides is 1. The summed E-state index contributed by atoms with van der Waals surface area (Å²) in [6.45, 7) is 0.379. The maximum absolute atomic E-state index is 11.6. The van der Waals surface area contributed by atoms with Gasteiger partial charge in [-0.3, -0.25) is 4.79 Å². The van der Waals surface area contributed by atoms with Crippen LogP contribution in [0, 0.1) is 0 Å². The average Bonchev–Trinajstić information content (AvgIpc) is 2.58. The minimum absolute atomic E-state index is 0.229. The number of ether oxygens (including phenoxy) is 1. The van der Waals surface area contributed by atoms with Crippen molar-refractivity contribution in [1.82, 2.24) is 4.90 Å². The van der Waals surface area contributed by atoms with Crippen molar-refractivity contribution in [2.45, 2.75) is 12.8 Å². The predicted molar refractivity (Wildman–Crippen MR) is 58.1 cm³/mol. The Kier molecular flexibility index (Phi) is 2.92. The minimum atomic E-state index is -0.974. The summed E-state index contributed by atoms with van der Waals surface area (Å²) in [6, 6.07) is 9.51. The lowest BCUT2D eigenvalue weighted by molar-refractivity contribution is -0.132. The molecule has 84 valence electrons. The molecule has 0 unspecified atom stereocenters. The van der Waals surface area contributed by atoms with Gasteiger partial charge in [-0.15, -0.1) is 0 Å². The highest BCUT2D eigenvalue weighted by atomic mass is 16.5. The number of carbonyl (C=O) groups excluding carboxylic acids is 1. The highest BCUT2D eigenvalue weighted by molar-refractivity contribution is 5.91. The van der Waals surface area contributed by atoms with Crippen molar-refractivity contribution in [3.8, 4) is 0 Å². The summed E-state index contributed by atoms with van der Waals surface area (Å²) >= 11 is 0. The lowest BCUT2D eigenvalue weighted by Crippen LogP contribution is -2.34. The van der Waals surface area contributed by atoms with Crippen LogP contribution in [0.1, 0.15) is 5.56 Å². The molecule has 0 bridgehead atoms. The number of hydrogen-bond donors (Lipinski definition) is 1. The first kappa shape index (κ1) is 10.7. The molecule has 0 fully saturated rings. The zero-order valence-electron chi connectivity index (χ0n) is 8.96. The van der Waals surface area contributed by atoms with E-state index in [1.54, 1.807) is 0 Å². The first-order chi connectivity index (χ1) is 7.72. The Morgan fingerprint density at radius 1 is 1.38 bits per heavy atom. The normalized spacial score (nSPS) is 19.9. The first-order valence-corrected chi connectivity index (χ1v) is 5.00. The van der Waals surface area contributed by atoms with E-state index in [0.29, 0.717) is 12.3 Å². The second-order valence-corrected chi connectivity index (χ2v) is 3.58. The molecule has 1 N–H and O–H groups in total. The summed E-state index contributed by atoms with van der Waals surface area (Å²) in [5.74, 6) is 0.0640. The molecule has 0 aromatic heterocycles. The smallest absolute Gasteiger partial charge is 0.252 e. The van der Waals surface area contributed by atoms with Crippen LogP contribution in [-0.4, -0.2) is 29.3 Å². The topological polar surface area (TPSA) is 49.8 Å². The summed E-state index contributed by atoms with van der Waals surface area (Å²) < 4.78 is 4.91. The quantitative estimate of drug-likeness (QED) is 0.821. The van der Waals surface area contributed by atoms with Gasteiger partial charge in [0.2, 0.25) is 0 Å². The van der Waals surface area contributed by atoms with E-state index in [1.165, 1.54) is 18.1 Å². The maximum Gasteiger partial charge on any atom is 0.252 e. The molecule has 16 heavy (non-hydrogen) atoms. The number of aliphatic hydroxyl groups is 1. The van der Waals surface area contributed by atoms with Crippen molar-refractivity contribution in [2.24, 2.45) is 0 Å². The van der Waals surface area contributed by atoms with Gasteiger partial charge in [-0.25, -0.2) is 0 Å². The fourth-order valence-electron chi connectivity index (χ4n) is 1.66. The van der Waals surface area contributed by atoms with Gasteiger partial charge in [-0.05, 0) is 5.56 Å². The average molecular weight is 219 g/mol. The van der Waals surface area contributed by atoms with E-state index in [1.807, 2.05) is 30.3 Å². The van der Waals surface area contributed by atoms with Gasteiger partial charge in [-0.2, -0.15) is 0 Å². The molecule has 1 atom stereocenters. The summed E-state index contributed by atoms with van der Waals surface area (Å²) in [4.78, 5) is 12.9. The Morgan fingerprint density at radius 3 is 2.62 bits per heavy atom. The van der Waals surface area contributed by atoms with Gasteiger partial charge >= 0.3 is 0 Å². The third-order valence-corrected chi connectivity index (χ3v) is 2.53. The van der Waals surface area contributed by atoms with Gasteiger partial charge in [-0.1, -0.05) is 30.3 Å². The van der Waals surface area contributed by atoms with Gasteiger partial charge < -0.3 is 14.7 Å². The van der Waals surface area contributed by atoms with Gasteiger partial charge in [0.05, 0.1) is 7.11 Å². The highest BCUT2D eigenvalue weighted by Gasteiger charge is 2.31. The lowest BCUT2D eigenvalue weighted by Gasteiger charge is -2.21. The SMILES string of the molecule is COC1=CC(=O)N(Cc2ccccc2)[C@@H]1O. The monoisotopic (exact) mass is 219 g/mol. The van der Waals surface area contributed by atoms with Crippen molar-refractivity contribution < 1.29 is 14.6 Å². The summed E-state index contributed by atoms with van der Waals surface area (Å²) in [5.41, 5.74) is 0.973. The fraction of sp³-hybridized carbons (Fsp3) is 0.250. The third-order valence-electron chi connectivity index (χ3n) is 2.53. The largest absolute Gasteiger partial charge is 0.496 e. The molecular weight excluding hydrogens is 206 g/mol. The van der Waals surface area contributed by atoms with Crippen molar-refractivity contribution in [2.75, 3.05) is 7.11 Å². The van der Waals surface area contributed by atoms with E-state index in [9.17, 15) is 9.90 Å². The second kappa shape index (κ2) is 4.37. The van der Waals surface area contributed by atoms with Crippen LogP contribution in [0.5, 0.6) is 0 Å².